The molecule has 3 aliphatic rings. The molecular formula is C27H22N2O4. The SMILES string of the molecule is COc1ccc(N2C(=O)C(N3C(=O)c4ccccc4C3=O)C23CCCc2ccccc23)cc1. The molecule has 2 aliphatic heterocycles. The summed E-state index contributed by atoms with van der Waals surface area (Å²) in [6.07, 6.45) is 2.42. The van der Waals surface area contributed by atoms with Crippen LogP contribution < -0.4 is 9.64 Å². The van der Waals surface area contributed by atoms with E-state index in [9.17, 15) is 14.4 Å². The third-order valence-electron chi connectivity index (χ3n) is 7.21. The minimum absolute atomic E-state index is 0.244. The lowest BCUT2D eigenvalue weighted by Crippen LogP contribution is -2.78. The zero-order valence-corrected chi connectivity index (χ0v) is 18.2. The second-order valence-electron chi connectivity index (χ2n) is 8.74. The third kappa shape index (κ3) is 2.52. The average molecular weight is 438 g/mol. The molecule has 3 aromatic rings. The molecule has 3 aromatic carbocycles. The van der Waals surface area contributed by atoms with Crippen molar-refractivity contribution in [1.29, 1.82) is 0 Å². The summed E-state index contributed by atoms with van der Waals surface area (Å²) in [5.41, 5.74) is 2.80. The number of rotatable bonds is 3. The molecule has 1 spiro atoms. The normalized spacial score (nSPS) is 23.4. The number of amides is 3. The van der Waals surface area contributed by atoms with Gasteiger partial charge in [-0.05, 0) is 66.8 Å². The van der Waals surface area contributed by atoms with Gasteiger partial charge in [-0.2, -0.15) is 0 Å². The first-order valence-electron chi connectivity index (χ1n) is 11.1. The Morgan fingerprint density at radius 1 is 0.848 bits per heavy atom. The second-order valence-corrected chi connectivity index (χ2v) is 8.74. The van der Waals surface area contributed by atoms with Gasteiger partial charge in [-0.3, -0.25) is 24.2 Å². The number of fused-ring (bicyclic) bond motifs is 3. The number of methoxy groups -OCH3 is 1. The summed E-state index contributed by atoms with van der Waals surface area (Å²) >= 11 is 0. The highest BCUT2D eigenvalue weighted by molar-refractivity contribution is 6.25. The van der Waals surface area contributed by atoms with Gasteiger partial charge in [-0.1, -0.05) is 36.4 Å². The van der Waals surface area contributed by atoms with Crippen LogP contribution in [0.2, 0.25) is 0 Å². The maximum absolute atomic E-state index is 13.8. The zero-order valence-electron chi connectivity index (χ0n) is 18.2. The summed E-state index contributed by atoms with van der Waals surface area (Å²) in [6, 6.07) is 21.3. The van der Waals surface area contributed by atoms with E-state index in [0.717, 1.165) is 29.7 Å². The molecule has 0 aromatic heterocycles. The molecule has 164 valence electrons. The van der Waals surface area contributed by atoms with Crippen molar-refractivity contribution in [3.63, 3.8) is 0 Å². The maximum Gasteiger partial charge on any atom is 0.262 e. The predicted molar refractivity (Wildman–Crippen MR) is 122 cm³/mol. The van der Waals surface area contributed by atoms with Crippen LogP contribution in [0.1, 0.15) is 44.7 Å². The van der Waals surface area contributed by atoms with Gasteiger partial charge in [0.15, 0.2) is 0 Å². The summed E-state index contributed by atoms with van der Waals surface area (Å²) < 4.78 is 5.29. The van der Waals surface area contributed by atoms with E-state index in [4.69, 9.17) is 4.74 Å². The van der Waals surface area contributed by atoms with Crippen molar-refractivity contribution in [2.75, 3.05) is 12.0 Å². The molecule has 6 heteroatoms. The van der Waals surface area contributed by atoms with Crippen molar-refractivity contribution in [1.82, 2.24) is 4.90 Å². The first-order chi connectivity index (χ1) is 16.1. The van der Waals surface area contributed by atoms with Crippen LogP contribution >= 0.6 is 0 Å². The largest absolute Gasteiger partial charge is 0.497 e. The Kier molecular flexibility index (Phi) is 4.21. The highest BCUT2D eigenvalue weighted by atomic mass is 16.5. The predicted octanol–water partition coefficient (Wildman–Crippen LogP) is 3.94. The summed E-state index contributed by atoms with van der Waals surface area (Å²) in [5, 5.41) is 0. The average Bonchev–Trinajstić information content (AvgIpc) is 3.10. The van der Waals surface area contributed by atoms with Crippen LogP contribution in [0, 0.1) is 0 Å². The van der Waals surface area contributed by atoms with Crippen molar-refractivity contribution in [3.8, 4) is 5.75 Å². The molecule has 2 heterocycles. The zero-order chi connectivity index (χ0) is 22.7. The number of aryl methyl sites for hydroxylation is 1. The van der Waals surface area contributed by atoms with Gasteiger partial charge >= 0.3 is 0 Å². The molecule has 33 heavy (non-hydrogen) atoms. The number of imide groups is 1. The van der Waals surface area contributed by atoms with Crippen LogP contribution in [0.4, 0.5) is 5.69 Å². The molecular weight excluding hydrogens is 416 g/mol. The molecule has 1 fully saturated rings. The molecule has 1 saturated heterocycles. The van der Waals surface area contributed by atoms with Crippen LogP contribution in [0.5, 0.6) is 5.75 Å². The Morgan fingerprint density at radius 2 is 1.48 bits per heavy atom. The number of ether oxygens (including phenoxy) is 1. The lowest BCUT2D eigenvalue weighted by molar-refractivity contribution is -0.136. The lowest BCUT2D eigenvalue weighted by atomic mass is 9.64. The highest BCUT2D eigenvalue weighted by Crippen LogP contribution is 2.54. The van der Waals surface area contributed by atoms with Gasteiger partial charge in [0, 0.05) is 5.69 Å². The van der Waals surface area contributed by atoms with Gasteiger partial charge in [0.2, 0.25) is 0 Å². The van der Waals surface area contributed by atoms with E-state index in [1.165, 1.54) is 4.90 Å². The molecule has 3 amide bonds. The fourth-order valence-electron chi connectivity index (χ4n) is 5.79. The molecule has 6 rings (SSSR count). The first-order valence-corrected chi connectivity index (χ1v) is 11.1. The van der Waals surface area contributed by atoms with Gasteiger partial charge in [0.1, 0.15) is 17.3 Å². The number of hydrogen-bond donors (Lipinski definition) is 0. The standard InChI is InChI=1S/C27H22N2O4/c1-33-19-14-12-18(13-15-19)29-26(32)23(27(29)16-6-8-17-7-2-5-11-22(17)27)28-24(30)20-9-3-4-10-21(20)25(28)31/h2-5,7,9-15,23H,6,8,16H2,1H3. The van der Waals surface area contributed by atoms with Gasteiger partial charge in [-0.25, -0.2) is 0 Å². The van der Waals surface area contributed by atoms with E-state index >= 15 is 0 Å². The van der Waals surface area contributed by atoms with E-state index in [0.29, 0.717) is 23.3 Å². The molecule has 2 unspecified atom stereocenters. The maximum atomic E-state index is 13.8. The Bertz CT molecular complexity index is 1280. The van der Waals surface area contributed by atoms with Crippen molar-refractivity contribution in [2.24, 2.45) is 0 Å². The molecule has 0 saturated carbocycles. The molecule has 1 aliphatic carbocycles. The first kappa shape index (κ1) is 19.7. The Morgan fingerprint density at radius 3 is 2.15 bits per heavy atom. The number of anilines is 1. The van der Waals surface area contributed by atoms with Gasteiger partial charge < -0.3 is 4.74 Å². The summed E-state index contributed by atoms with van der Waals surface area (Å²) in [7, 11) is 1.60. The molecule has 0 N–H and O–H groups in total. The summed E-state index contributed by atoms with van der Waals surface area (Å²) in [5.74, 6) is -0.343. The van der Waals surface area contributed by atoms with Gasteiger partial charge in [0.25, 0.3) is 17.7 Å². The second kappa shape index (κ2) is 7.04. The van der Waals surface area contributed by atoms with Crippen LogP contribution in [-0.2, 0) is 16.8 Å². The number of carbonyl (C=O) groups excluding carboxylic acids is 3. The smallest absolute Gasteiger partial charge is 0.262 e. The van der Waals surface area contributed by atoms with E-state index < -0.39 is 23.4 Å². The summed E-state index contributed by atoms with van der Waals surface area (Å²) in [6.45, 7) is 0. The van der Waals surface area contributed by atoms with Crippen LogP contribution in [0.3, 0.4) is 0 Å². The minimum Gasteiger partial charge on any atom is -0.497 e. The fourth-order valence-corrected chi connectivity index (χ4v) is 5.79. The Balaban J connectivity index is 1.52. The Hall–Kier alpha value is -3.93. The number of β-lactam (4-membered cyclic amide) rings is 1. The van der Waals surface area contributed by atoms with Gasteiger partial charge in [0.05, 0.1) is 18.2 Å². The van der Waals surface area contributed by atoms with Gasteiger partial charge in [-0.15, -0.1) is 0 Å². The number of hydrogen-bond acceptors (Lipinski definition) is 4. The highest BCUT2D eigenvalue weighted by Gasteiger charge is 2.67. The van der Waals surface area contributed by atoms with Crippen molar-refractivity contribution in [3.05, 3.63) is 95.1 Å². The van der Waals surface area contributed by atoms with E-state index in [1.54, 1.807) is 36.3 Å². The quantitative estimate of drug-likeness (QED) is 0.459. The van der Waals surface area contributed by atoms with Crippen LogP contribution in [0.25, 0.3) is 0 Å². The summed E-state index contributed by atoms with van der Waals surface area (Å²) in [4.78, 5) is 43.5. The molecule has 0 bridgehead atoms. The number of carbonyl (C=O) groups is 3. The lowest BCUT2D eigenvalue weighted by Gasteiger charge is -2.61. The van der Waals surface area contributed by atoms with E-state index in [2.05, 4.69) is 6.07 Å². The van der Waals surface area contributed by atoms with Crippen molar-refractivity contribution in [2.45, 2.75) is 30.8 Å². The van der Waals surface area contributed by atoms with E-state index in [-0.39, 0.29) is 5.91 Å². The van der Waals surface area contributed by atoms with Crippen LogP contribution in [-0.4, -0.2) is 35.8 Å². The molecule has 2 atom stereocenters. The third-order valence-corrected chi connectivity index (χ3v) is 7.21. The van der Waals surface area contributed by atoms with E-state index in [1.807, 2.05) is 42.5 Å². The monoisotopic (exact) mass is 438 g/mol. The van der Waals surface area contributed by atoms with Crippen molar-refractivity contribution < 1.29 is 19.1 Å². The minimum atomic E-state index is -0.881. The molecule has 6 nitrogen and oxygen atoms in total. The number of nitrogens with zero attached hydrogens (tertiary/aromatic N) is 2. The fraction of sp³-hybridized carbons (Fsp3) is 0.222. The molecule has 0 radical (unpaired) electrons. The van der Waals surface area contributed by atoms with Crippen LogP contribution in [0.15, 0.2) is 72.8 Å². The van der Waals surface area contributed by atoms with Crippen molar-refractivity contribution >= 4 is 23.4 Å². The topological polar surface area (TPSA) is 66.9 Å². The Labute approximate surface area is 191 Å². The number of benzene rings is 3.